The standard InChI is InChI=1S/C27H34ClN3O3/c1-20-8-9-25(28)26(14-20)34-19-27(32)10-5-11-30(18-27)17-23-6-4-7-24(16-23)33-13-12-31-22(3)15-21(2)29-31/h4,6-9,14-16,32H,5,10-13,17-19H2,1-3H3/t27-/m1/s1. The van der Waals surface area contributed by atoms with E-state index in [-0.39, 0.29) is 6.61 Å². The summed E-state index contributed by atoms with van der Waals surface area (Å²) in [5, 5.41) is 16.2. The van der Waals surface area contributed by atoms with Gasteiger partial charge in [0.25, 0.3) is 0 Å². The lowest BCUT2D eigenvalue weighted by molar-refractivity contribution is -0.0621. The summed E-state index contributed by atoms with van der Waals surface area (Å²) < 4.78 is 13.9. The van der Waals surface area contributed by atoms with Crippen LogP contribution in [0.3, 0.4) is 0 Å². The van der Waals surface area contributed by atoms with Gasteiger partial charge in [0.2, 0.25) is 0 Å². The Morgan fingerprint density at radius 3 is 2.74 bits per heavy atom. The fourth-order valence-electron chi connectivity index (χ4n) is 4.54. The van der Waals surface area contributed by atoms with E-state index in [1.54, 1.807) is 0 Å². The molecule has 4 rings (SSSR count). The number of hydrogen-bond donors (Lipinski definition) is 1. The number of benzene rings is 2. The Hall–Kier alpha value is -2.54. The average molecular weight is 484 g/mol. The van der Waals surface area contributed by atoms with Crippen molar-refractivity contribution in [1.29, 1.82) is 0 Å². The second-order valence-electron chi connectivity index (χ2n) is 9.41. The van der Waals surface area contributed by atoms with Crippen molar-refractivity contribution in [3.8, 4) is 11.5 Å². The van der Waals surface area contributed by atoms with Gasteiger partial charge < -0.3 is 14.6 Å². The summed E-state index contributed by atoms with van der Waals surface area (Å²) in [7, 11) is 0. The van der Waals surface area contributed by atoms with Gasteiger partial charge in [-0.3, -0.25) is 9.58 Å². The Labute approximate surface area is 207 Å². The zero-order chi connectivity index (χ0) is 24.1. The maximum atomic E-state index is 11.2. The molecule has 1 saturated heterocycles. The Kier molecular flexibility index (Phi) is 7.81. The normalized spacial score (nSPS) is 18.7. The van der Waals surface area contributed by atoms with Crippen molar-refractivity contribution in [3.63, 3.8) is 0 Å². The molecule has 1 aliphatic heterocycles. The van der Waals surface area contributed by atoms with Crippen LogP contribution in [0.2, 0.25) is 5.02 Å². The third-order valence-electron chi connectivity index (χ3n) is 6.20. The molecule has 0 bridgehead atoms. The molecule has 2 heterocycles. The third-order valence-corrected chi connectivity index (χ3v) is 6.51. The number of halogens is 1. The minimum absolute atomic E-state index is 0.224. The zero-order valence-corrected chi connectivity index (χ0v) is 21.0. The summed E-state index contributed by atoms with van der Waals surface area (Å²) in [4.78, 5) is 2.28. The zero-order valence-electron chi connectivity index (χ0n) is 20.3. The van der Waals surface area contributed by atoms with Crippen LogP contribution < -0.4 is 9.47 Å². The lowest BCUT2D eigenvalue weighted by atomic mass is 9.93. The first kappa shape index (κ1) is 24.6. The number of piperidine rings is 1. The number of hydrogen-bond acceptors (Lipinski definition) is 5. The van der Waals surface area contributed by atoms with Crippen molar-refractivity contribution in [2.45, 2.75) is 52.3 Å². The van der Waals surface area contributed by atoms with Gasteiger partial charge in [0, 0.05) is 18.8 Å². The van der Waals surface area contributed by atoms with Gasteiger partial charge in [-0.05, 0) is 81.6 Å². The van der Waals surface area contributed by atoms with Crippen LogP contribution in [0, 0.1) is 20.8 Å². The maximum absolute atomic E-state index is 11.2. The molecular weight excluding hydrogens is 450 g/mol. The van der Waals surface area contributed by atoms with Gasteiger partial charge in [-0.15, -0.1) is 0 Å². The number of ether oxygens (including phenoxy) is 2. The van der Waals surface area contributed by atoms with Crippen LogP contribution >= 0.6 is 11.6 Å². The van der Waals surface area contributed by atoms with Crippen molar-refractivity contribution in [2.24, 2.45) is 0 Å². The van der Waals surface area contributed by atoms with Crippen LogP contribution in [0.4, 0.5) is 0 Å². The van der Waals surface area contributed by atoms with Gasteiger partial charge in [0.1, 0.15) is 30.3 Å². The first-order valence-electron chi connectivity index (χ1n) is 11.9. The molecular formula is C27H34ClN3O3. The summed E-state index contributed by atoms with van der Waals surface area (Å²) in [5.41, 5.74) is 3.50. The summed E-state index contributed by atoms with van der Waals surface area (Å²) in [6.07, 6.45) is 1.63. The molecule has 2 aromatic carbocycles. The third kappa shape index (κ3) is 6.53. The first-order valence-corrected chi connectivity index (χ1v) is 12.2. The highest BCUT2D eigenvalue weighted by atomic mass is 35.5. The van der Waals surface area contributed by atoms with E-state index < -0.39 is 5.60 Å². The number of likely N-dealkylation sites (tertiary alicyclic amines) is 1. The van der Waals surface area contributed by atoms with Gasteiger partial charge in [0.15, 0.2) is 0 Å². The van der Waals surface area contributed by atoms with E-state index in [0.717, 1.165) is 47.8 Å². The number of aryl methyl sites for hydroxylation is 3. The molecule has 34 heavy (non-hydrogen) atoms. The molecule has 0 spiro atoms. The van der Waals surface area contributed by atoms with Gasteiger partial charge in [-0.1, -0.05) is 29.8 Å². The minimum Gasteiger partial charge on any atom is -0.492 e. The Morgan fingerprint density at radius 1 is 1.09 bits per heavy atom. The molecule has 0 radical (unpaired) electrons. The van der Waals surface area contributed by atoms with Crippen LogP contribution in [0.25, 0.3) is 0 Å². The summed E-state index contributed by atoms with van der Waals surface area (Å²) in [5.74, 6) is 1.47. The van der Waals surface area contributed by atoms with E-state index in [1.165, 1.54) is 0 Å². The highest BCUT2D eigenvalue weighted by Gasteiger charge is 2.34. The van der Waals surface area contributed by atoms with Gasteiger partial charge >= 0.3 is 0 Å². The van der Waals surface area contributed by atoms with Crippen LogP contribution in [0.15, 0.2) is 48.5 Å². The second kappa shape index (κ2) is 10.8. The molecule has 1 fully saturated rings. The SMILES string of the molecule is Cc1ccc(Cl)c(OC[C@@]2(O)CCCN(Cc3cccc(OCCn4nc(C)cc4C)c3)C2)c1. The van der Waals surface area contributed by atoms with Crippen molar-refractivity contribution >= 4 is 11.6 Å². The topological polar surface area (TPSA) is 59.8 Å². The number of aliphatic hydroxyl groups is 1. The molecule has 1 N–H and O–H groups in total. The fourth-order valence-corrected chi connectivity index (χ4v) is 4.71. The van der Waals surface area contributed by atoms with E-state index in [0.29, 0.717) is 36.9 Å². The molecule has 6 nitrogen and oxygen atoms in total. The minimum atomic E-state index is -0.904. The molecule has 1 aromatic heterocycles. The molecule has 0 amide bonds. The summed E-state index contributed by atoms with van der Waals surface area (Å²) >= 11 is 6.26. The van der Waals surface area contributed by atoms with Gasteiger partial charge in [0.05, 0.1) is 17.3 Å². The number of β-amino-alcohol motifs (C(OH)–C–C–N with tert-alkyl or cyclic N) is 1. The van der Waals surface area contributed by atoms with E-state index >= 15 is 0 Å². The van der Waals surface area contributed by atoms with Crippen molar-refractivity contribution < 1.29 is 14.6 Å². The Morgan fingerprint density at radius 2 is 1.94 bits per heavy atom. The number of aromatic nitrogens is 2. The summed E-state index contributed by atoms with van der Waals surface area (Å²) in [6, 6.07) is 15.9. The lowest BCUT2D eigenvalue weighted by Gasteiger charge is -2.39. The Bertz CT molecular complexity index is 1120. The molecule has 7 heteroatoms. The average Bonchev–Trinajstić information content (AvgIpc) is 3.11. The molecule has 1 aliphatic rings. The fraction of sp³-hybridized carbons (Fsp3) is 0.444. The van der Waals surface area contributed by atoms with Gasteiger partial charge in [-0.25, -0.2) is 0 Å². The number of rotatable bonds is 9. The molecule has 0 aliphatic carbocycles. The van der Waals surface area contributed by atoms with E-state index in [2.05, 4.69) is 35.1 Å². The van der Waals surface area contributed by atoms with E-state index in [9.17, 15) is 5.11 Å². The molecule has 0 saturated carbocycles. The quantitative estimate of drug-likeness (QED) is 0.466. The summed E-state index contributed by atoms with van der Waals surface area (Å²) in [6.45, 7) is 9.81. The predicted octanol–water partition coefficient (Wildman–Crippen LogP) is 4.95. The predicted molar refractivity (Wildman–Crippen MR) is 135 cm³/mol. The largest absolute Gasteiger partial charge is 0.492 e. The second-order valence-corrected chi connectivity index (χ2v) is 9.81. The van der Waals surface area contributed by atoms with Crippen LogP contribution in [0.5, 0.6) is 11.5 Å². The van der Waals surface area contributed by atoms with E-state index in [4.69, 9.17) is 21.1 Å². The smallest absolute Gasteiger partial charge is 0.138 e. The molecule has 3 aromatic rings. The maximum Gasteiger partial charge on any atom is 0.138 e. The van der Waals surface area contributed by atoms with E-state index in [1.807, 2.05) is 48.9 Å². The Balaban J connectivity index is 1.30. The monoisotopic (exact) mass is 483 g/mol. The highest BCUT2D eigenvalue weighted by molar-refractivity contribution is 6.32. The van der Waals surface area contributed by atoms with Crippen molar-refractivity contribution in [2.75, 3.05) is 26.3 Å². The molecule has 182 valence electrons. The lowest BCUT2D eigenvalue weighted by Crippen LogP contribution is -2.51. The van der Waals surface area contributed by atoms with Gasteiger partial charge in [-0.2, -0.15) is 5.10 Å². The highest BCUT2D eigenvalue weighted by Crippen LogP contribution is 2.29. The van der Waals surface area contributed by atoms with Crippen molar-refractivity contribution in [3.05, 3.63) is 76.1 Å². The number of nitrogens with zero attached hydrogens (tertiary/aromatic N) is 3. The van der Waals surface area contributed by atoms with Crippen LogP contribution in [-0.4, -0.2) is 51.7 Å². The first-order chi connectivity index (χ1) is 16.3. The van der Waals surface area contributed by atoms with Crippen LogP contribution in [-0.2, 0) is 13.1 Å². The molecule has 1 atom stereocenters. The molecule has 0 unspecified atom stereocenters. The van der Waals surface area contributed by atoms with Crippen molar-refractivity contribution in [1.82, 2.24) is 14.7 Å². The van der Waals surface area contributed by atoms with Crippen LogP contribution in [0.1, 0.15) is 35.4 Å².